The fourth-order valence-electron chi connectivity index (χ4n) is 2.90. The van der Waals surface area contributed by atoms with Crippen molar-refractivity contribution in [2.45, 2.75) is 24.9 Å². The largest absolute Gasteiger partial charge is 0.514 e. The minimum atomic E-state index is -0.878. The molecular weight excluding hydrogens is 322 g/mol. The molecule has 9 heteroatoms. The van der Waals surface area contributed by atoms with Gasteiger partial charge in [-0.2, -0.15) is 0 Å². The van der Waals surface area contributed by atoms with E-state index in [2.05, 4.69) is 0 Å². The third-order valence-electron chi connectivity index (χ3n) is 4.08. The molecule has 1 aromatic carbocycles. The first-order valence-corrected chi connectivity index (χ1v) is 7.47. The molecule has 3 rings (SSSR count). The van der Waals surface area contributed by atoms with E-state index in [-0.39, 0.29) is 23.5 Å². The minimum absolute atomic E-state index is 0.0889. The summed E-state index contributed by atoms with van der Waals surface area (Å²) in [4.78, 5) is 22.0. The van der Waals surface area contributed by atoms with E-state index in [1.54, 1.807) is 7.11 Å². The molecule has 2 aliphatic rings. The van der Waals surface area contributed by atoms with E-state index in [0.717, 1.165) is 0 Å². The van der Waals surface area contributed by atoms with Gasteiger partial charge in [0.1, 0.15) is 11.9 Å². The molecule has 0 bridgehead atoms. The predicted molar refractivity (Wildman–Crippen MR) is 78.6 cm³/mol. The van der Waals surface area contributed by atoms with Gasteiger partial charge < -0.3 is 23.7 Å². The van der Waals surface area contributed by atoms with Crippen LogP contribution in [-0.2, 0) is 18.9 Å². The van der Waals surface area contributed by atoms with Gasteiger partial charge in [-0.3, -0.25) is 10.1 Å². The van der Waals surface area contributed by atoms with Crippen LogP contribution in [0, 0.1) is 16.0 Å². The van der Waals surface area contributed by atoms with E-state index in [0.29, 0.717) is 19.6 Å². The maximum atomic E-state index is 12.0. The number of nitro benzene ring substituents is 1. The summed E-state index contributed by atoms with van der Waals surface area (Å²) in [5.41, 5.74) is -0.0889. The van der Waals surface area contributed by atoms with Crippen LogP contribution in [-0.4, -0.2) is 49.9 Å². The van der Waals surface area contributed by atoms with Gasteiger partial charge in [0.15, 0.2) is 6.29 Å². The lowest BCUT2D eigenvalue weighted by Crippen LogP contribution is -2.45. The van der Waals surface area contributed by atoms with Crippen molar-refractivity contribution in [3.05, 3.63) is 34.4 Å². The zero-order chi connectivity index (χ0) is 17.1. The maximum absolute atomic E-state index is 12.0. The molecule has 0 spiro atoms. The van der Waals surface area contributed by atoms with Gasteiger partial charge in [-0.25, -0.2) is 4.79 Å². The molecule has 0 aromatic heterocycles. The molecule has 9 nitrogen and oxygen atoms in total. The van der Waals surface area contributed by atoms with Crippen molar-refractivity contribution in [2.24, 2.45) is 5.92 Å². The highest BCUT2D eigenvalue weighted by molar-refractivity contribution is 5.64. The molecule has 4 atom stereocenters. The quantitative estimate of drug-likeness (QED) is 0.354. The third kappa shape index (κ3) is 3.48. The normalized spacial score (nSPS) is 28.9. The molecule has 24 heavy (non-hydrogen) atoms. The van der Waals surface area contributed by atoms with Crippen LogP contribution in [0.1, 0.15) is 6.42 Å². The molecule has 0 saturated carbocycles. The zero-order valence-corrected chi connectivity index (χ0v) is 13.0. The third-order valence-corrected chi connectivity index (χ3v) is 4.08. The van der Waals surface area contributed by atoms with Crippen molar-refractivity contribution >= 4 is 11.8 Å². The first kappa shape index (κ1) is 16.6. The molecule has 1 aromatic rings. The number of benzene rings is 1. The topological polar surface area (TPSA) is 106 Å². The van der Waals surface area contributed by atoms with E-state index >= 15 is 0 Å². The highest BCUT2D eigenvalue weighted by Gasteiger charge is 2.47. The number of carbonyl (C=O) groups excluding carboxylic acids is 1. The van der Waals surface area contributed by atoms with Crippen LogP contribution in [0.3, 0.4) is 0 Å². The average Bonchev–Trinajstić information content (AvgIpc) is 2.99. The lowest BCUT2D eigenvalue weighted by Gasteiger charge is -2.33. The number of carbonyl (C=O) groups is 1. The number of ether oxygens (including phenoxy) is 5. The van der Waals surface area contributed by atoms with Crippen molar-refractivity contribution in [2.75, 3.05) is 20.3 Å². The molecular formula is C15H17NO8. The van der Waals surface area contributed by atoms with Crippen LogP contribution in [0.2, 0.25) is 0 Å². The summed E-state index contributed by atoms with van der Waals surface area (Å²) in [5.74, 6) is -0.0478. The Hall–Kier alpha value is -2.23. The second kappa shape index (κ2) is 7.12. The van der Waals surface area contributed by atoms with Crippen molar-refractivity contribution in [1.82, 2.24) is 0 Å². The van der Waals surface area contributed by atoms with Gasteiger partial charge >= 0.3 is 6.16 Å². The molecule has 0 radical (unpaired) electrons. The van der Waals surface area contributed by atoms with Crippen LogP contribution in [0.15, 0.2) is 24.3 Å². The van der Waals surface area contributed by atoms with E-state index < -0.39 is 23.5 Å². The van der Waals surface area contributed by atoms with E-state index in [9.17, 15) is 14.9 Å². The minimum Gasteiger partial charge on any atom is -0.430 e. The summed E-state index contributed by atoms with van der Waals surface area (Å²) in [6.07, 6.45) is -1.48. The number of fused-ring (bicyclic) bond motifs is 1. The SMILES string of the molecule is CO[C@H]1CO[C@@H]2OCC[C@H](OC(=O)Oc3ccc([N+](=O)[O-])cc3)[C@@H]21. The van der Waals surface area contributed by atoms with Gasteiger partial charge in [-0.1, -0.05) is 0 Å². The van der Waals surface area contributed by atoms with Crippen LogP contribution in [0.4, 0.5) is 10.5 Å². The fourth-order valence-corrected chi connectivity index (χ4v) is 2.90. The van der Waals surface area contributed by atoms with Crippen molar-refractivity contribution < 1.29 is 33.4 Å². The second-order valence-electron chi connectivity index (χ2n) is 5.47. The molecule has 2 aliphatic heterocycles. The van der Waals surface area contributed by atoms with Crippen molar-refractivity contribution in [1.29, 1.82) is 0 Å². The Bertz CT molecular complexity index is 598. The molecule has 0 aliphatic carbocycles. The summed E-state index contributed by atoms with van der Waals surface area (Å²) < 4.78 is 26.8. The summed E-state index contributed by atoms with van der Waals surface area (Å²) in [6.45, 7) is 0.788. The van der Waals surface area contributed by atoms with Crippen molar-refractivity contribution in [3.8, 4) is 5.75 Å². The molecule has 130 valence electrons. The Balaban J connectivity index is 1.60. The van der Waals surface area contributed by atoms with Gasteiger partial charge in [0.2, 0.25) is 0 Å². The highest BCUT2D eigenvalue weighted by Crippen LogP contribution is 2.34. The van der Waals surface area contributed by atoms with E-state index in [1.165, 1.54) is 24.3 Å². The van der Waals surface area contributed by atoms with E-state index in [4.69, 9.17) is 23.7 Å². The van der Waals surface area contributed by atoms with Gasteiger partial charge in [0, 0.05) is 25.7 Å². The molecule has 2 saturated heterocycles. The van der Waals surface area contributed by atoms with Crippen LogP contribution in [0.25, 0.3) is 0 Å². The summed E-state index contributed by atoms with van der Waals surface area (Å²) in [5, 5.41) is 10.6. The Morgan fingerprint density at radius 3 is 2.67 bits per heavy atom. The smallest absolute Gasteiger partial charge is 0.430 e. The predicted octanol–water partition coefficient (Wildman–Crippen LogP) is 1.89. The van der Waals surface area contributed by atoms with Crippen LogP contribution < -0.4 is 4.74 Å². The Labute approximate surface area is 137 Å². The molecule has 0 amide bonds. The van der Waals surface area contributed by atoms with Gasteiger partial charge in [-0.05, 0) is 12.1 Å². The van der Waals surface area contributed by atoms with Gasteiger partial charge in [0.05, 0.1) is 30.2 Å². The summed E-state index contributed by atoms with van der Waals surface area (Å²) >= 11 is 0. The maximum Gasteiger partial charge on any atom is 0.514 e. The number of nitro groups is 1. The number of rotatable bonds is 4. The summed E-state index contributed by atoms with van der Waals surface area (Å²) in [6, 6.07) is 5.17. The number of hydrogen-bond donors (Lipinski definition) is 0. The lowest BCUT2D eigenvalue weighted by atomic mass is 9.93. The number of hydrogen-bond acceptors (Lipinski definition) is 8. The highest BCUT2D eigenvalue weighted by atomic mass is 16.7. The number of nitrogens with zero attached hydrogens (tertiary/aromatic N) is 1. The second-order valence-corrected chi connectivity index (χ2v) is 5.47. The molecule has 2 heterocycles. The lowest BCUT2D eigenvalue weighted by molar-refractivity contribution is -0.384. The van der Waals surface area contributed by atoms with Gasteiger partial charge in [-0.15, -0.1) is 0 Å². The van der Waals surface area contributed by atoms with Crippen LogP contribution >= 0.6 is 0 Å². The fraction of sp³-hybridized carbons (Fsp3) is 0.533. The van der Waals surface area contributed by atoms with Gasteiger partial charge in [0.25, 0.3) is 5.69 Å². The monoisotopic (exact) mass is 339 g/mol. The molecule has 0 unspecified atom stereocenters. The summed E-state index contributed by atoms with van der Waals surface area (Å²) in [7, 11) is 1.57. The Morgan fingerprint density at radius 2 is 2.00 bits per heavy atom. The molecule has 0 N–H and O–H groups in total. The Kier molecular flexibility index (Phi) is 4.93. The zero-order valence-electron chi connectivity index (χ0n) is 13.0. The number of non-ortho nitro benzene ring substituents is 1. The first-order valence-electron chi connectivity index (χ1n) is 7.47. The van der Waals surface area contributed by atoms with Crippen LogP contribution in [0.5, 0.6) is 5.75 Å². The first-order chi connectivity index (χ1) is 11.6. The number of methoxy groups -OCH3 is 1. The van der Waals surface area contributed by atoms with E-state index in [1.807, 2.05) is 0 Å². The Morgan fingerprint density at radius 1 is 1.25 bits per heavy atom. The molecule has 2 fully saturated rings. The average molecular weight is 339 g/mol. The van der Waals surface area contributed by atoms with Crippen molar-refractivity contribution in [3.63, 3.8) is 0 Å². The standard InChI is InChI=1S/C15H17NO8/c1-20-12-8-22-14-13(12)11(6-7-21-14)24-15(17)23-10-4-2-9(3-5-10)16(18)19/h2-5,11-14H,6-8H2,1H3/t11-,12-,13+,14-/m0/s1.